The minimum Gasteiger partial charge on any atom is -0.348 e. The van der Waals surface area contributed by atoms with Crippen molar-refractivity contribution in [3.8, 4) is 0 Å². The standard InChI is InChI=1S/C7H9NO2/c1-4-3-8-7(10)6(4)5(2)9/h3H2,1-2H3,(H,8,10). The third kappa shape index (κ3) is 0.943. The van der Waals surface area contributed by atoms with Gasteiger partial charge in [0.15, 0.2) is 5.78 Å². The molecule has 0 fully saturated rings. The van der Waals surface area contributed by atoms with Crippen molar-refractivity contribution in [1.82, 2.24) is 5.32 Å². The number of carbonyl (C=O) groups excluding carboxylic acids is 2. The molecule has 1 N–H and O–H groups in total. The van der Waals surface area contributed by atoms with E-state index in [1.54, 1.807) is 6.92 Å². The maximum atomic E-state index is 10.8. The fourth-order valence-electron chi connectivity index (χ4n) is 1.04. The first-order chi connectivity index (χ1) is 4.63. The number of nitrogens with one attached hydrogen (secondary N) is 1. The Kier molecular flexibility index (Phi) is 1.57. The lowest BCUT2D eigenvalue weighted by molar-refractivity contribution is -0.120. The molecule has 1 rings (SSSR count). The van der Waals surface area contributed by atoms with Gasteiger partial charge in [0.1, 0.15) is 0 Å². The highest BCUT2D eigenvalue weighted by molar-refractivity contribution is 6.20. The maximum Gasteiger partial charge on any atom is 0.255 e. The fraction of sp³-hybridized carbons (Fsp3) is 0.429. The lowest BCUT2D eigenvalue weighted by atomic mass is 10.1. The molecule has 0 bridgehead atoms. The van der Waals surface area contributed by atoms with E-state index >= 15 is 0 Å². The van der Waals surface area contributed by atoms with Crippen molar-refractivity contribution >= 4 is 11.7 Å². The summed E-state index contributed by atoms with van der Waals surface area (Å²) >= 11 is 0. The van der Waals surface area contributed by atoms with Crippen LogP contribution in [0.4, 0.5) is 0 Å². The monoisotopic (exact) mass is 139 g/mol. The van der Waals surface area contributed by atoms with E-state index in [0.29, 0.717) is 12.1 Å². The van der Waals surface area contributed by atoms with Crippen LogP contribution in [0, 0.1) is 0 Å². The summed E-state index contributed by atoms with van der Waals surface area (Å²) in [5.41, 5.74) is 1.18. The predicted molar refractivity (Wildman–Crippen MR) is 36.4 cm³/mol. The van der Waals surface area contributed by atoms with Gasteiger partial charge < -0.3 is 5.32 Å². The van der Waals surface area contributed by atoms with E-state index in [4.69, 9.17) is 0 Å². The molecular weight excluding hydrogens is 130 g/mol. The third-order valence-electron chi connectivity index (χ3n) is 1.52. The second-order valence-corrected chi connectivity index (χ2v) is 2.39. The Morgan fingerprint density at radius 1 is 1.60 bits per heavy atom. The SMILES string of the molecule is CC(=O)C1=C(C)CNC1=O. The first kappa shape index (κ1) is 6.99. The van der Waals surface area contributed by atoms with Crippen molar-refractivity contribution in [2.45, 2.75) is 13.8 Å². The van der Waals surface area contributed by atoms with Gasteiger partial charge in [-0.05, 0) is 19.4 Å². The van der Waals surface area contributed by atoms with Crippen LogP contribution in [0.25, 0.3) is 0 Å². The largest absolute Gasteiger partial charge is 0.348 e. The second kappa shape index (κ2) is 2.25. The van der Waals surface area contributed by atoms with Crippen LogP contribution in [0.3, 0.4) is 0 Å². The highest BCUT2D eigenvalue weighted by Crippen LogP contribution is 2.10. The number of Topliss-reactive ketones (excluding diaryl/α,β-unsaturated/α-hetero) is 1. The molecule has 0 spiro atoms. The zero-order valence-corrected chi connectivity index (χ0v) is 6.02. The normalized spacial score (nSPS) is 17.6. The highest BCUT2D eigenvalue weighted by Gasteiger charge is 2.22. The van der Waals surface area contributed by atoms with E-state index in [0.717, 1.165) is 5.57 Å². The summed E-state index contributed by atoms with van der Waals surface area (Å²) < 4.78 is 0. The van der Waals surface area contributed by atoms with Gasteiger partial charge in [-0.1, -0.05) is 0 Å². The average Bonchev–Trinajstić information content (AvgIpc) is 2.11. The zero-order valence-electron chi connectivity index (χ0n) is 6.02. The Bertz CT molecular complexity index is 228. The molecule has 0 aromatic heterocycles. The molecular formula is C7H9NO2. The first-order valence-corrected chi connectivity index (χ1v) is 3.12. The molecule has 0 saturated heterocycles. The summed E-state index contributed by atoms with van der Waals surface area (Å²) in [5, 5.41) is 2.57. The van der Waals surface area contributed by atoms with Crippen molar-refractivity contribution in [3.05, 3.63) is 11.1 Å². The molecule has 3 nitrogen and oxygen atoms in total. The van der Waals surface area contributed by atoms with E-state index in [2.05, 4.69) is 5.32 Å². The molecule has 1 aliphatic rings. The van der Waals surface area contributed by atoms with Gasteiger partial charge in [-0.2, -0.15) is 0 Å². The number of amides is 1. The molecule has 3 heteroatoms. The summed E-state index contributed by atoms with van der Waals surface area (Å²) in [6, 6.07) is 0. The van der Waals surface area contributed by atoms with Crippen LogP contribution in [-0.2, 0) is 9.59 Å². The summed E-state index contributed by atoms with van der Waals surface area (Å²) in [4.78, 5) is 21.6. The molecule has 0 unspecified atom stereocenters. The molecule has 54 valence electrons. The van der Waals surface area contributed by atoms with Crippen LogP contribution in [0.5, 0.6) is 0 Å². The second-order valence-electron chi connectivity index (χ2n) is 2.39. The maximum absolute atomic E-state index is 10.8. The van der Waals surface area contributed by atoms with Gasteiger partial charge in [0.05, 0.1) is 5.57 Å². The van der Waals surface area contributed by atoms with Gasteiger partial charge in [-0.3, -0.25) is 9.59 Å². The molecule has 0 radical (unpaired) electrons. The topological polar surface area (TPSA) is 46.2 Å². The summed E-state index contributed by atoms with van der Waals surface area (Å²) in [6.07, 6.45) is 0. The molecule has 0 aliphatic carbocycles. The number of ketones is 1. The molecule has 0 atom stereocenters. The highest BCUT2D eigenvalue weighted by atomic mass is 16.2. The Morgan fingerprint density at radius 2 is 2.20 bits per heavy atom. The first-order valence-electron chi connectivity index (χ1n) is 3.12. The van der Waals surface area contributed by atoms with Crippen molar-refractivity contribution < 1.29 is 9.59 Å². The lowest BCUT2D eigenvalue weighted by Crippen LogP contribution is -2.19. The Balaban J connectivity index is 2.99. The van der Waals surface area contributed by atoms with Crippen LogP contribution in [-0.4, -0.2) is 18.2 Å². The third-order valence-corrected chi connectivity index (χ3v) is 1.52. The Labute approximate surface area is 59.1 Å². The molecule has 0 aromatic rings. The van der Waals surface area contributed by atoms with Crippen LogP contribution in [0.2, 0.25) is 0 Å². The van der Waals surface area contributed by atoms with Crippen molar-refractivity contribution in [2.75, 3.05) is 6.54 Å². The minimum absolute atomic E-state index is 0.146. The summed E-state index contributed by atoms with van der Waals surface area (Å²) in [5.74, 6) is -0.377. The minimum atomic E-state index is -0.231. The average molecular weight is 139 g/mol. The van der Waals surface area contributed by atoms with E-state index in [-0.39, 0.29) is 11.7 Å². The number of hydrogen-bond acceptors (Lipinski definition) is 2. The zero-order chi connectivity index (χ0) is 7.72. The summed E-state index contributed by atoms with van der Waals surface area (Å²) in [7, 11) is 0. The number of carbonyl (C=O) groups is 2. The van der Waals surface area contributed by atoms with Crippen molar-refractivity contribution in [2.24, 2.45) is 0 Å². The quantitative estimate of drug-likeness (QED) is 0.520. The van der Waals surface area contributed by atoms with E-state index in [1.165, 1.54) is 6.92 Å². The van der Waals surface area contributed by atoms with Crippen molar-refractivity contribution in [1.29, 1.82) is 0 Å². The van der Waals surface area contributed by atoms with E-state index in [9.17, 15) is 9.59 Å². The van der Waals surface area contributed by atoms with Gasteiger partial charge in [-0.25, -0.2) is 0 Å². The lowest BCUT2D eigenvalue weighted by Gasteiger charge is -1.91. The van der Waals surface area contributed by atoms with Gasteiger partial charge in [0, 0.05) is 6.54 Å². The summed E-state index contributed by atoms with van der Waals surface area (Å²) in [6.45, 7) is 3.71. The van der Waals surface area contributed by atoms with Crippen LogP contribution < -0.4 is 5.32 Å². The number of hydrogen-bond donors (Lipinski definition) is 1. The molecule has 10 heavy (non-hydrogen) atoms. The number of rotatable bonds is 1. The molecule has 0 aromatic carbocycles. The molecule has 1 heterocycles. The smallest absolute Gasteiger partial charge is 0.255 e. The van der Waals surface area contributed by atoms with Crippen LogP contribution in [0.15, 0.2) is 11.1 Å². The van der Waals surface area contributed by atoms with Gasteiger partial charge in [0.2, 0.25) is 0 Å². The molecule has 1 amide bonds. The van der Waals surface area contributed by atoms with Gasteiger partial charge in [0.25, 0.3) is 5.91 Å². The van der Waals surface area contributed by atoms with E-state index in [1.807, 2.05) is 0 Å². The van der Waals surface area contributed by atoms with Gasteiger partial charge >= 0.3 is 0 Å². The Morgan fingerprint density at radius 3 is 2.40 bits per heavy atom. The molecule has 1 aliphatic heterocycles. The van der Waals surface area contributed by atoms with Crippen molar-refractivity contribution in [3.63, 3.8) is 0 Å². The fourth-order valence-corrected chi connectivity index (χ4v) is 1.04. The predicted octanol–water partition coefficient (Wildman–Crippen LogP) is 0.0217. The molecule has 0 saturated carbocycles. The Hall–Kier alpha value is -1.12. The van der Waals surface area contributed by atoms with Crippen LogP contribution >= 0.6 is 0 Å². The van der Waals surface area contributed by atoms with E-state index < -0.39 is 0 Å². The van der Waals surface area contributed by atoms with Gasteiger partial charge in [-0.15, -0.1) is 0 Å². The van der Waals surface area contributed by atoms with Crippen LogP contribution in [0.1, 0.15) is 13.8 Å².